The van der Waals surface area contributed by atoms with Crippen molar-refractivity contribution in [2.24, 2.45) is 0 Å². The fourth-order valence-electron chi connectivity index (χ4n) is 3.01. The van der Waals surface area contributed by atoms with Crippen LogP contribution in [0.4, 0.5) is 4.79 Å². The third kappa shape index (κ3) is 4.03. The highest BCUT2D eigenvalue weighted by Crippen LogP contribution is 2.39. The van der Waals surface area contributed by atoms with Gasteiger partial charge in [0.05, 0.1) is 12.6 Å². The Balaban J connectivity index is 1.69. The Morgan fingerprint density at radius 2 is 2.00 bits per heavy atom. The van der Waals surface area contributed by atoms with Crippen LogP contribution < -0.4 is 0 Å². The topological polar surface area (TPSA) is 42.0 Å². The van der Waals surface area contributed by atoms with Crippen molar-refractivity contribution >= 4 is 6.09 Å². The molecule has 1 aliphatic carbocycles. The molecule has 0 unspecified atom stereocenters. The van der Waals surface area contributed by atoms with Crippen molar-refractivity contribution in [1.82, 2.24) is 9.80 Å². The van der Waals surface area contributed by atoms with Gasteiger partial charge in [0.15, 0.2) is 0 Å². The quantitative estimate of drug-likeness (QED) is 0.837. The maximum absolute atomic E-state index is 12.4. The summed E-state index contributed by atoms with van der Waals surface area (Å²) in [5.74, 6) is 0. The average Bonchev–Trinajstić information content (AvgIpc) is 3.30. The van der Waals surface area contributed by atoms with Gasteiger partial charge in [-0.1, -0.05) is 30.3 Å². The number of hydrogen-bond acceptors (Lipinski definition) is 4. The second-order valence-corrected chi connectivity index (χ2v) is 6.72. The first kappa shape index (κ1) is 16.3. The van der Waals surface area contributed by atoms with Crippen LogP contribution in [0, 0.1) is 0 Å². The Hall–Kier alpha value is -1.59. The van der Waals surface area contributed by atoms with E-state index in [0.717, 1.165) is 25.9 Å². The molecule has 126 valence electrons. The minimum Gasteiger partial charge on any atom is -0.443 e. The molecule has 1 aliphatic heterocycles. The van der Waals surface area contributed by atoms with Gasteiger partial charge < -0.3 is 14.4 Å². The summed E-state index contributed by atoms with van der Waals surface area (Å²) in [6.07, 6.45) is 1.79. The number of carbonyl (C=O) groups is 1. The monoisotopic (exact) mass is 318 g/mol. The molecule has 1 saturated heterocycles. The lowest BCUT2D eigenvalue weighted by Gasteiger charge is -2.41. The Morgan fingerprint density at radius 1 is 1.26 bits per heavy atom. The SMILES string of the molecule is COCCN1CCN(C(=O)OC2(C)CC2)C[C@@H]1c1ccccc1. The lowest BCUT2D eigenvalue weighted by molar-refractivity contribution is 0.0191. The van der Waals surface area contributed by atoms with Crippen LogP contribution in [-0.2, 0) is 9.47 Å². The van der Waals surface area contributed by atoms with Crippen LogP contribution >= 0.6 is 0 Å². The van der Waals surface area contributed by atoms with Gasteiger partial charge in [-0.05, 0) is 25.3 Å². The Labute approximate surface area is 138 Å². The van der Waals surface area contributed by atoms with E-state index in [1.807, 2.05) is 30.0 Å². The molecule has 23 heavy (non-hydrogen) atoms. The second-order valence-electron chi connectivity index (χ2n) is 6.72. The van der Waals surface area contributed by atoms with E-state index in [-0.39, 0.29) is 17.7 Å². The molecule has 5 heteroatoms. The van der Waals surface area contributed by atoms with Crippen molar-refractivity contribution in [3.05, 3.63) is 35.9 Å². The summed E-state index contributed by atoms with van der Waals surface area (Å²) >= 11 is 0. The molecule has 2 aliphatic rings. The number of amides is 1. The van der Waals surface area contributed by atoms with E-state index in [0.29, 0.717) is 19.7 Å². The van der Waals surface area contributed by atoms with Crippen LogP contribution in [0.3, 0.4) is 0 Å². The molecule has 3 rings (SSSR count). The van der Waals surface area contributed by atoms with E-state index in [4.69, 9.17) is 9.47 Å². The minimum atomic E-state index is -0.216. The molecule has 0 spiro atoms. The first-order valence-electron chi connectivity index (χ1n) is 8.37. The smallest absolute Gasteiger partial charge is 0.410 e. The third-order valence-electron chi connectivity index (χ3n) is 4.80. The van der Waals surface area contributed by atoms with Crippen LogP contribution in [0.2, 0.25) is 0 Å². The summed E-state index contributed by atoms with van der Waals surface area (Å²) in [6.45, 7) is 5.80. The van der Waals surface area contributed by atoms with E-state index in [9.17, 15) is 4.79 Å². The summed E-state index contributed by atoms with van der Waals surface area (Å²) in [4.78, 5) is 16.7. The van der Waals surface area contributed by atoms with Gasteiger partial charge >= 0.3 is 6.09 Å². The van der Waals surface area contributed by atoms with E-state index >= 15 is 0 Å². The highest BCUT2D eigenvalue weighted by Gasteiger charge is 2.43. The van der Waals surface area contributed by atoms with Gasteiger partial charge in [0, 0.05) is 33.3 Å². The highest BCUT2D eigenvalue weighted by molar-refractivity contribution is 5.68. The van der Waals surface area contributed by atoms with Gasteiger partial charge in [-0.25, -0.2) is 4.79 Å². The molecular weight excluding hydrogens is 292 g/mol. The molecule has 1 aromatic carbocycles. The number of piperazine rings is 1. The maximum Gasteiger partial charge on any atom is 0.410 e. The summed E-state index contributed by atoms with van der Waals surface area (Å²) in [5.41, 5.74) is 1.02. The third-order valence-corrected chi connectivity index (χ3v) is 4.80. The zero-order valence-electron chi connectivity index (χ0n) is 14.0. The molecule has 0 bridgehead atoms. The predicted molar refractivity (Wildman–Crippen MR) is 88.3 cm³/mol. The predicted octanol–water partition coefficient (Wildman–Crippen LogP) is 2.68. The maximum atomic E-state index is 12.4. The summed E-state index contributed by atoms with van der Waals surface area (Å²) in [5, 5.41) is 0. The van der Waals surface area contributed by atoms with Gasteiger partial charge in [0.25, 0.3) is 0 Å². The molecule has 1 saturated carbocycles. The van der Waals surface area contributed by atoms with Gasteiger partial charge in [0.2, 0.25) is 0 Å². The molecule has 1 heterocycles. The lowest BCUT2D eigenvalue weighted by atomic mass is 10.0. The zero-order chi connectivity index (χ0) is 16.3. The van der Waals surface area contributed by atoms with Crippen molar-refractivity contribution in [3.8, 4) is 0 Å². The summed E-state index contributed by atoms with van der Waals surface area (Å²) in [7, 11) is 1.72. The molecular formula is C18H26N2O3. The Bertz CT molecular complexity index is 530. The summed E-state index contributed by atoms with van der Waals surface area (Å²) < 4.78 is 10.9. The van der Waals surface area contributed by atoms with Crippen LogP contribution in [0.1, 0.15) is 31.4 Å². The van der Waals surface area contributed by atoms with Crippen molar-refractivity contribution in [2.75, 3.05) is 39.9 Å². The Morgan fingerprint density at radius 3 is 2.65 bits per heavy atom. The molecule has 0 N–H and O–H groups in total. The van der Waals surface area contributed by atoms with Crippen molar-refractivity contribution in [2.45, 2.75) is 31.4 Å². The van der Waals surface area contributed by atoms with Gasteiger partial charge in [-0.15, -0.1) is 0 Å². The van der Waals surface area contributed by atoms with Crippen molar-refractivity contribution in [1.29, 1.82) is 0 Å². The lowest BCUT2D eigenvalue weighted by Crippen LogP contribution is -2.51. The van der Waals surface area contributed by atoms with E-state index in [1.165, 1.54) is 5.56 Å². The van der Waals surface area contributed by atoms with E-state index < -0.39 is 0 Å². The van der Waals surface area contributed by atoms with Gasteiger partial charge in [-0.2, -0.15) is 0 Å². The number of methoxy groups -OCH3 is 1. The Kier molecular flexibility index (Phi) is 4.87. The van der Waals surface area contributed by atoms with Crippen LogP contribution in [-0.4, -0.2) is 61.4 Å². The van der Waals surface area contributed by atoms with Crippen LogP contribution in [0.5, 0.6) is 0 Å². The normalized spacial score (nSPS) is 23.6. The molecule has 5 nitrogen and oxygen atoms in total. The fraction of sp³-hybridized carbons (Fsp3) is 0.611. The zero-order valence-corrected chi connectivity index (χ0v) is 14.0. The highest BCUT2D eigenvalue weighted by atomic mass is 16.6. The van der Waals surface area contributed by atoms with Crippen molar-refractivity contribution < 1.29 is 14.3 Å². The number of hydrogen-bond donors (Lipinski definition) is 0. The minimum absolute atomic E-state index is 0.169. The average molecular weight is 318 g/mol. The number of carbonyl (C=O) groups excluding carboxylic acids is 1. The van der Waals surface area contributed by atoms with E-state index in [2.05, 4.69) is 17.0 Å². The molecule has 1 atom stereocenters. The molecule has 1 aromatic rings. The number of ether oxygens (including phenoxy) is 2. The molecule has 1 amide bonds. The van der Waals surface area contributed by atoms with Crippen LogP contribution in [0.25, 0.3) is 0 Å². The standard InChI is InChI=1S/C18H26N2O3/c1-18(8-9-18)23-17(21)20-11-10-19(12-13-22-2)16(14-20)15-6-4-3-5-7-15/h3-7,16H,8-14H2,1-2H3/t16-/m1/s1. The molecule has 2 fully saturated rings. The second kappa shape index (κ2) is 6.89. The molecule has 0 aromatic heterocycles. The molecule has 0 radical (unpaired) electrons. The fourth-order valence-corrected chi connectivity index (χ4v) is 3.01. The van der Waals surface area contributed by atoms with Crippen LogP contribution in [0.15, 0.2) is 30.3 Å². The first-order valence-corrected chi connectivity index (χ1v) is 8.37. The van der Waals surface area contributed by atoms with E-state index in [1.54, 1.807) is 7.11 Å². The van der Waals surface area contributed by atoms with Crippen molar-refractivity contribution in [3.63, 3.8) is 0 Å². The number of rotatable bonds is 5. The number of nitrogens with zero attached hydrogens (tertiary/aromatic N) is 2. The van der Waals surface area contributed by atoms with Gasteiger partial charge in [0.1, 0.15) is 5.60 Å². The largest absolute Gasteiger partial charge is 0.443 e. The summed E-state index contributed by atoms with van der Waals surface area (Å²) in [6, 6.07) is 10.6. The first-order chi connectivity index (χ1) is 11.1. The number of benzene rings is 1. The van der Waals surface area contributed by atoms with Gasteiger partial charge in [-0.3, -0.25) is 4.90 Å².